The molecule has 0 fully saturated rings. The van der Waals surface area contributed by atoms with Crippen LogP contribution >= 0.6 is 0 Å². The van der Waals surface area contributed by atoms with Crippen LogP contribution < -0.4 is 15.0 Å². The van der Waals surface area contributed by atoms with Crippen LogP contribution in [0.25, 0.3) is 0 Å². The van der Waals surface area contributed by atoms with E-state index in [-0.39, 0.29) is 24.4 Å². The number of hydrogen-bond donors (Lipinski definition) is 1. The van der Waals surface area contributed by atoms with Gasteiger partial charge >= 0.3 is 0 Å². The highest BCUT2D eigenvalue weighted by molar-refractivity contribution is 6.02. The molecule has 0 radical (unpaired) electrons. The van der Waals surface area contributed by atoms with Crippen molar-refractivity contribution in [2.24, 2.45) is 5.92 Å². The number of aryl methyl sites for hydroxylation is 1. The zero-order chi connectivity index (χ0) is 19.8. The third kappa shape index (κ3) is 3.23. The fraction of sp³-hybridized carbons (Fsp3) is 0.500. The summed E-state index contributed by atoms with van der Waals surface area (Å²) in [5.41, 5.74) is 0.680. The lowest BCUT2D eigenvalue weighted by molar-refractivity contribution is -0.120. The Hall–Kier alpha value is -2.90. The number of carbonyl (C=O) groups is 2. The minimum absolute atomic E-state index is 0.0636. The number of fused-ring (bicyclic) bond motifs is 2. The van der Waals surface area contributed by atoms with Crippen LogP contribution in [0.3, 0.4) is 0 Å². The molecule has 0 bridgehead atoms. The number of hydrogen-bond acceptors (Lipinski definition) is 5. The van der Waals surface area contributed by atoms with Crippen molar-refractivity contribution in [1.82, 2.24) is 20.1 Å². The van der Waals surface area contributed by atoms with Crippen molar-refractivity contribution in [3.05, 3.63) is 35.9 Å². The maximum Gasteiger partial charge on any atom is 0.291 e. The molecule has 4 rings (SSSR count). The van der Waals surface area contributed by atoms with E-state index in [2.05, 4.69) is 29.2 Å². The van der Waals surface area contributed by atoms with E-state index in [1.165, 1.54) is 4.90 Å². The standard InChI is InChI=1S/C20H25N5O3/c1-12(2)14-8-6-10-17-22-18(23-25(14)17)19(26)21-13-11-28-16-9-5-4-7-15(16)24(3)20(13)27/h4-5,7,9,12-14H,6,8,10-11H2,1-3H3,(H,21,26)/t13?,14-/m1/s1. The second-order valence-corrected chi connectivity index (χ2v) is 7.70. The van der Waals surface area contributed by atoms with Crippen LogP contribution in [0.4, 0.5) is 5.69 Å². The summed E-state index contributed by atoms with van der Waals surface area (Å²) in [6.07, 6.45) is 2.89. The number of para-hydroxylation sites is 2. The average molecular weight is 383 g/mol. The molecule has 1 N–H and O–H groups in total. The van der Waals surface area contributed by atoms with E-state index in [0.717, 1.165) is 25.1 Å². The molecule has 0 saturated heterocycles. The number of likely N-dealkylation sites (N-methyl/N-ethyl adjacent to an activating group) is 1. The number of aromatic nitrogens is 3. The lowest BCUT2D eigenvalue weighted by atomic mass is 9.95. The van der Waals surface area contributed by atoms with Crippen LogP contribution in [0.1, 0.15) is 49.2 Å². The van der Waals surface area contributed by atoms with E-state index in [9.17, 15) is 9.59 Å². The SMILES string of the molecule is CC(C)[C@H]1CCCc2nc(C(=O)NC3COc4ccccc4N(C)C3=O)nn21. The van der Waals surface area contributed by atoms with Gasteiger partial charge in [0.1, 0.15) is 24.2 Å². The van der Waals surface area contributed by atoms with Crippen molar-refractivity contribution in [1.29, 1.82) is 0 Å². The monoisotopic (exact) mass is 383 g/mol. The van der Waals surface area contributed by atoms with Crippen LogP contribution in [0.15, 0.2) is 24.3 Å². The van der Waals surface area contributed by atoms with E-state index < -0.39 is 11.9 Å². The van der Waals surface area contributed by atoms with Gasteiger partial charge in [-0.3, -0.25) is 9.59 Å². The largest absolute Gasteiger partial charge is 0.489 e. The number of rotatable bonds is 3. The van der Waals surface area contributed by atoms with Gasteiger partial charge in [0.15, 0.2) is 0 Å². The quantitative estimate of drug-likeness (QED) is 0.875. The first kappa shape index (κ1) is 18.5. The Morgan fingerprint density at radius 2 is 2.11 bits per heavy atom. The summed E-state index contributed by atoms with van der Waals surface area (Å²) < 4.78 is 7.63. The molecule has 2 atom stereocenters. The molecule has 148 valence electrons. The second kappa shape index (κ2) is 7.26. The molecular weight excluding hydrogens is 358 g/mol. The van der Waals surface area contributed by atoms with Gasteiger partial charge in [-0.05, 0) is 30.9 Å². The molecule has 3 heterocycles. The number of nitrogens with one attached hydrogen (secondary N) is 1. The predicted molar refractivity (Wildman–Crippen MR) is 103 cm³/mol. The minimum atomic E-state index is -0.800. The Kier molecular flexibility index (Phi) is 4.78. The molecule has 8 nitrogen and oxygen atoms in total. The van der Waals surface area contributed by atoms with E-state index in [1.807, 2.05) is 22.9 Å². The van der Waals surface area contributed by atoms with E-state index in [0.29, 0.717) is 17.4 Å². The maximum absolute atomic E-state index is 12.8. The third-order valence-electron chi connectivity index (χ3n) is 5.46. The van der Waals surface area contributed by atoms with Crippen LogP contribution in [-0.4, -0.2) is 46.3 Å². The maximum atomic E-state index is 12.8. The van der Waals surface area contributed by atoms with Gasteiger partial charge in [0.25, 0.3) is 11.8 Å². The Balaban J connectivity index is 1.52. The Morgan fingerprint density at radius 3 is 2.89 bits per heavy atom. The van der Waals surface area contributed by atoms with E-state index in [1.54, 1.807) is 13.1 Å². The molecule has 2 aromatic rings. The molecule has 0 saturated carbocycles. The number of ether oxygens (including phenoxy) is 1. The normalized spacial score (nSPS) is 21.6. The number of nitrogens with zero attached hydrogens (tertiary/aromatic N) is 4. The van der Waals surface area contributed by atoms with Crippen molar-refractivity contribution in [3.63, 3.8) is 0 Å². The fourth-order valence-corrected chi connectivity index (χ4v) is 3.87. The van der Waals surface area contributed by atoms with Gasteiger partial charge in [0, 0.05) is 13.5 Å². The van der Waals surface area contributed by atoms with E-state index >= 15 is 0 Å². The summed E-state index contributed by atoms with van der Waals surface area (Å²) in [4.78, 5) is 31.5. The van der Waals surface area contributed by atoms with Crippen molar-refractivity contribution in [2.45, 2.75) is 45.2 Å². The highest BCUT2D eigenvalue weighted by Crippen LogP contribution is 2.30. The smallest absolute Gasteiger partial charge is 0.291 e. The fourth-order valence-electron chi connectivity index (χ4n) is 3.87. The highest BCUT2D eigenvalue weighted by atomic mass is 16.5. The molecule has 2 amide bonds. The van der Waals surface area contributed by atoms with Crippen LogP contribution in [0, 0.1) is 5.92 Å². The van der Waals surface area contributed by atoms with Crippen LogP contribution in [-0.2, 0) is 11.2 Å². The molecule has 1 aromatic carbocycles. The molecule has 2 aliphatic rings. The zero-order valence-corrected chi connectivity index (χ0v) is 16.4. The number of benzene rings is 1. The number of amides is 2. The first-order valence-electron chi connectivity index (χ1n) is 9.71. The molecule has 1 unspecified atom stereocenters. The van der Waals surface area contributed by atoms with Gasteiger partial charge in [0.05, 0.1) is 11.7 Å². The van der Waals surface area contributed by atoms with Crippen molar-refractivity contribution in [2.75, 3.05) is 18.6 Å². The summed E-state index contributed by atoms with van der Waals surface area (Å²) in [7, 11) is 1.68. The highest BCUT2D eigenvalue weighted by Gasteiger charge is 2.32. The summed E-state index contributed by atoms with van der Waals surface area (Å²) in [5, 5.41) is 7.20. The van der Waals surface area contributed by atoms with Gasteiger partial charge in [-0.1, -0.05) is 26.0 Å². The van der Waals surface area contributed by atoms with Crippen molar-refractivity contribution < 1.29 is 14.3 Å². The number of carbonyl (C=O) groups excluding carboxylic acids is 2. The van der Waals surface area contributed by atoms with Gasteiger partial charge in [-0.2, -0.15) is 0 Å². The molecule has 0 spiro atoms. The first-order valence-corrected chi connectivity index (χ1v) is 9.71. The van der Waals surface area contributed by atoms with Gasteiger partial charge in [0.2, 0.25) is 5.82 Å². The average Bonchev–Trinajstić information content (AvgIpc) is 3.10. The molecule has 0 aliphatic carbocycles. The molecular formula is C20H25N5O3. The topological polar surface area (TPSA) is 89.3 Å². The Bertz CT molecular complexity index is 907. The molecule has 1 aromatic heterocycles. The summed E-state index contributed by atoms with van der Waals surface area (Å²) in [6, 6.07) is 6.76. The van der Waals surface area contributed by atoms with Gasteiger partial charge in [-0.25, -0.2) is 9.67 Å². The lowest BCUT2D eigenvalue weighted by Gasteiger charge is -2.26. The van der Waals surface area contributed by atoms with E-state index in [4.69, 9.17) is 4.74 Å². The summed E-state index contributed by atoms with van der Waals surface area (Å²) in [5.74, 6) is 1.29. The number of anilines is 1. The summed E-state index contributed by atoms with van der Waals surface area (Å²) in [6.45, 7) is 4.36. The summed E-state index contributed by atoms with van der Waals surface area (Å²) >= 11 is 0. The lowest BCUT2D eigenvalue weighted by Crippen LogP contribution is -2.49. The van der Waals surface area contributed by atoms with Gasteiger partial charge < -0.3 is 15.0 Å². The Morgan fingerprint density at radius 1 is 1.32 bits per heavy atom. The third-order valence-corrected chi connectivity index (χ3v) is 5.46. The van der Waals surface area contributed by atoms with Gasteiger partial charge in [-0.15, -0.1) is 5.10 Å². The zero-order valence-electron chi connectivity index (χ0n) is 16.4. The van der Waals surface area contributed by atoms with Crippen molar-refractivity contribution >= 4 is 17.5 Å². The molecule has 2 aliphatic heterocycles. The second-order valence-electron chi connectivity index (χ2n) is 7.70. The molecule has 8 heteroatoms. The minimum Gasteiger partial charge on any atom is -0.489 e. The van der Waals surface area contributed by atoms with Crippen LogP contribution in [0.5, 0.6) is 5.75 Å². The van der Waals surface area contributed by atoms with Crippen LogP contribution in [0.2, 0.25) is 0 Å². The predicted octanol–water partition coefficient (Wildman–Crippen LogP) is 1.97. The van der Waals surface area contributed by atoms with Crippen molar-refractivity contribution in [3.8, 4) is 5.75 Å². The first-order chi connectivity index (χ1) is 13.5. The Labute approximate surface area is 163 Å². The molecule has 28 heavy (non-hydrogen) atoms.